The quantitative estimate of drug-likeness (QED) is 0.389. The van der Waals surface area contributed by atoms with Crippen molar-refractivity contribution in [1.29, 1.82) is 5.26 Å². The van der Waals surface area contributed by atoms with Crippen molar-refractivity contribution in [1.82, 2.24) is 14.5 Å². The minimum atomic E-state index is 0.579. The number of aryl methyl sites for hydroxylation is 1. The summed E-state index contributed by atoms with van der Waals surface area (Å²) in [5.41, 5.74) is 5.62. The van der Waals surface area contributed by atoms with E-state index in [0.29, 0.717) is 12.0 Å². The summed E-state index contributed by atoms with van der Waals surface area (Å²) in [5, 5.41) is 11.8. The number of rotatable bonds is 4. The van der Waals surface area contributed by atoms with Gasteiger partial charge in [0.05, 0.1) is 24.3 Å². The third-order valence-corrected chi connectivity index (χ3v) is 8.37. The maximum absolute atomic E-state index is 9.38. The minimum Gasteiger partial charge on any atom is -0.497 e. The highest BCUT2D eigenvalue weighted by atomic mass is 16.5. The van der Waals surface area contributed by atoms with Crippen molar-refractivity contribution in [2.45, 2.75) is 37.6 Å². The molecule has 4 aromatic rings. The van der Waals surface area contributed by atoms with Crippen LogP contribution in [-0.2, 0) is 7.05 Å². The van der Waals surface area contributed by atoms with Gasteiger partial charge in [-0.25, -0.2) is 0 Å². The maximum atomic E-state index is 9.38. The molecule has 0 amide bonds. The minimum absolute atomic E-state index is 0.579. The van der Waals surface area contributed by atoms with Gasteiger partial charge in [-0.2, -0.15) is 5.26 Å². The second-order valence-corrected chi connectivity index (χ2v) is 10.3. The number of aromatic nitrogens is 2. The number of hydrogen-bond donors (Lipinski definition) is 0. The normalized spacial score (nSPS) is 21.1. The summed E-state index contributed by atoms with van der Waals surface area (Å²) in [6.07, 6.45) is 9.05. The lowest BCUT2D eigenvalue weighted by atomic mass is 9.81. The smallest absolute Gasteiger partial charge is 0.123 e. The number of ether oxygens (including phenoxy) is 1. The zero-order valence-electron chi connectivity index (χ0n) is 21.2. The number of benzene rings is 2. The lowest BCUT2D eigenvalue weighted by Gasteiger charge is -2.43. The van der Waals surface area contributed by atoms with Crippen molar-refractivity contribution in [3.05, 3.63) is 66.0 Å². The number of hydrogen-bond acceptors (Lipinski definition) is 5. The summed E-state index contributed by atoms with van der Waals surface area (Å²) in [6, 6.07) is 17.4. The Morgan fingerprint density at radius 1 is 0.972 bits per heavy atom. The van der Waals surface area contributed by atoms with Gasteiger partial charge in [0.2, 0.25) is 0 Å². The summed E-state index contributed by atoms with van der Waals surface area (Å²) < 4.78 is 7.78. The Balaban J connectivity index is 1.12. The van der Waals surface area contributed by atoms with Crippen LogP contribution in [-0.4, -0.2) is 53.8 Å². The van der Waals surface area contributed by atoms with Gasteiger partial charge >= 0.3 is 0 Å². The molecule has 2 aliphatic rings. The predicted molar refractivity (Wildman–Crippen MR) is 145 cm³/mol. The number of piperazine rings is 1. The Kier molecular flexibility index (Phi) is 6.02. The van der Waals surface area contributed by atoms with Gasteiger partial charge < -0.3 is 14.2 Å². The monoisotopic (exact) mass is 479 g/mol. The molecule has 0 atom stereocenters. The summed E-state index contributed by atoms with van der Waals surface area (Å²) in [5.74, 6) is 1.45. The number of fused-ring (bicyclic) bond motifs is 2. The molecule has 1 aliphatic carbocycles. The Morgan fingerprint density at radius 3 is 2.53 bits per heavy atom. The molecule has 184 valence electrons. The molecule has 0 unspecified atom stereocenters. The number of nitriles is 1. The maximum Gasteiger partial charge on any atom is 0.123 e. The first-order chi connectivity index (χ1) is 17.6. The summed E-state index contributed by atoms with van der Waals surface area (Å²) in [6.45, 7) is 4.23. The Morgan fingerprint density at radius 2 is 1.78 bits per heavy atom. The van der Waals surface area contributed by atoms with Gasteiger partial charge in [-0.15, -0.1) is 0 Å². The van der Waals surface area contributed by atoms with Gasteiger partial charge in [-0.05, 0) is 67.5 Å². The highest BCUT2D eigenvalue weighted by Gasteiger charge is 2.30. The molecule has 6 rings (SSSR count). The van der Waals surface area contributed by atoms with Crippen molar-refractivity contribution in [2.24, 2.45) is 7.05 Å². The lowest BCUT2D eigenvalue weighted by Crippen LogP contribution is -2.51. The molecule has 0 bridgehead atoms. The molecule has 2 aromatic carbocycles. The predicted octanol–water partition coefficient (Wildman–Crippen LogP) is 5.46. The molecule has 0 radical (unpaired) electrons. The molecule has 2 fully saturated rings. The van der Waals surface area contributed by atoms with Crippen LogP contribution in [0, 0.1) is 11.3 Å². The molecular weight excluding hydrogens is 446 g/mol. The van der Waals surface area contributed by atoms with Crippen LogP contribution in [0.5, 0.6) is 5.75 Å². The summed E-state index contributed by atoms with van der Waals surface area (Å²) in [7, 11) is 3.84. The van der Waals surface area contributed by atoms with Crippen LogP contribution in [0.4, 0.5) is 5.69 Å². The molecular formula is C30H33N5O. The summed E-state index contributed by atoms with van der Waals surface area (Å²) in [4.78, 5) is 9.77. The lowest BCUT2D eigenvalue weighted by molar-refractivity contribution is 0.141. The van der Waals surface area contributed by atoms with Crippen LogP contribution in [0.1, 0.15) is 42.7 Å². The zero-order valence-corrected chi connectivity index (χ0v) is 21.2. The van der Waals surface area contributed by atoms with Crippen LogP contribution in [0.2, 0.25) is 0 Å². The molecule has 6 nitrogen and oxygen atoms in total. The highest BCUT2D eigenvalue weighted by Crippen LogP contribution is 2.39. The van der Waals surface area contributed by atoms with Gasteiger partial charge in [-0.1, -0.05) is 0 Å². The van der Waals surface area contributed by atoms with Crippen molar-refractivity contribution < 1.29 is 4.74 Å². The van der Waals surface area contributed by atoms with E-state index in [0.717, 1.165) is 43.0 Å². The fourth-order valence-electron chi connectivity index (χ4n) is 6.41. The fourth-order valence-corrected chi connectivity index (χ4v) is 6.41. The molecule has 0 N–H and O–H groups in total. The van der Waals surface area contributed by atoms with Crippen molar-refractivity contribution >= 4 is 27.5 Å². The van der Waals surface area contributed by atoms with Gasteiger partial charge in [0.25, 0.3) is 0 Å². The van der Waals surface area contributed by atoms with Crippen molar-refractivity contribution in [2.75, 3.05) is 38.2 Å². The van der Waals surface area contributed by atoms with E-state index in [1.54, 1.807) is 7.11 Å². The molecule has 36 heavy (non-hydrogen) atoms. The van der Waals surface area contributed by atoms with Gasteiger partial charge in [0.15, 0.2) is 0 Å². The number of anilines is 1. The third-order valence-electron chi connectivity index (χ3n) is 8.37. The average Bonchev–Trinajstić information content (AvgIpc) is 3.28. The number of nitrogens with zero attached hydrogens (tertiary/aromatic N) is 5. The Labute approximate surface area is 212 Å². The summed E-state index contributed by atoms with van der Waals surface area (Å²) >= 11 is 0. The third kappa shape index (κ3) is 4.08. The van der Waals surface area contributed by atoms with Gasteiger partial charge in [0, 0.05) is 85.8 Å². The largest absolute Gasteiger partial charge is 0.497 e. The topological polar surface area (TPSA) is 57.3 Å². The first-order valence-corrected chi connectivity index (χ1v) is 13.1. The SMILES string of the molecule is COc1cc(N2CCN(C3CCC(c4cn(C)c5ccc(C#N)cc45)CC3)CC2)c2cccnc2c1. The van der Waals surface area contributed by atoms with Crippen LogP contribution in [0.25, 0.3) is 21.8 Å². The molecule has 2 aromatic heterocycles. The molecule has 3 heterocycles. The van der Waals surface area contributed by atoms with E-state index in [9.17, 15) is 5.26 Å². The first-order valence-electron chi connectivity index (χ1n) is 13.1. The Bertz CT molecular complexity index is 1440. The van der Waals surface area contributed by atoms with Gasteiger partial charge in [-0.3, -0.25) is 9.88 Å². The van der Waals surface area contributed by atoms with Crippen LogP contribution < -0.4 is 9.64 Å². The van der Waals surface area contributed by atoms with Crippen molar-refractivity contribution in [3.8, 4) is 11.8 Å². The first kappa shape index (κ1) is 22.9. The van der Waals surface area contributed by atoms with E-state index in [2.05, 4.69) is 62.9 Å². The van der Waals surface area contributed by atoms with Crippen LogP contribution in [0.15, 0.2) is 54.9 Å². The molecule has 6 heteroatoms. The molecule has 0 spiro atoms. The molecule has 1 aliphatic heterocycles. The number of pyridine rings is 1. The van der Waals surface area contributed by atoms with E-state index in [1.165, 1.54) is 53.2 Å². The highest BCUT2D eigenvalue weighted by molar-refractivity contribution is 5.93. The van der Waals surface area contributed by atoms with Gasteiger partial charge in [0.1, 0.15) is 5.75 Å². The van der Waals surface area contributed by atoms with Crippen LogP contribution >= 0.6 is 0 Å². The second kappa shape index (κ2) is 9.48. The second-order valence-electron chi connectivity index (χ2n) is 10.3. The molecule has 1 saturated carbocycles. The van der Waals surface area contributed by atoms with E-state index >= 15 is 0 Å². The molecule has 1 saturated heterocycles. The average molecular weight is 480 g/mol. The zero-order chi connectivity index (χ0) is 24.6. The van der Waals surface area contributed by atoms with Crippen LogP contribution in [0.3, 0.4) is 0 Å². The van der Waals surface area contributed by atoms with E-state index in [4.69, 9.17) is 4.74 Å². The van der Waals surface area contributed by atoms with E-state index < -0.39 is 0 Å². The number of methoxy groups -OCH3 is 1. The fraction of sp³-hybridized carbons (Fsp3) is 0.400. The van der Waals surface area contributed by atoms with E-state index in [-0.39, 0.29) is 0 Å². The Hall–Kier alpha value is -3.56. The standard InChI is InChI=1S/C30H33N5O/c1-33-20-27(26-16-21(19-31)5-10-29(26)33)22-6-8-23(9-7-22)34-12-14-35(15-13-34)30-18-24(36-2)17-28-25(30)4-3-11-32-28/h3-5,10-11,16-18,20,22-23H,6-9,12-15H2,1-2H3. The van der Waals surface area contributed by atoms with E-state index in [1.807, 2.05) is 24.4 Å². The van der Waals surface area contributed by atoms with Crippen molar-refractivity contribution in [3.63, 3.8) is 0 Å².